The number of hydrogen-bond donors (Lipinski definition) is 1. The van der Waals surface area contributed by atoms with Gasteiger partial charge in [0.2, 0.25) is 5.88 Å². The van der Waals surface area contributed by atoms with Crippen molar-refractivity contribution in [1.82, 2.24) is 4.98 Å². The van der Waals surface area contributed by atoms with Gasteiger partial charge < -0.3 is 10.5 Å². The van der Waals surface area contributed by atoms with Gasteiger partial charge >= 0.3 is 0 Å². The first-order valence-corrected chi connectivity index (χ1v) is 6.17. The van der Waals surface area contributed by atoms with Crippen LogP contribution in [0.15, 0.2) is 43.0 Å². The summed E-state index contributed by atoms with van der Waals surface area (Å²) >= 11 is 0. The SMILES string of the molecule is C=CCCCOc1cc(CN)c2ccccc2n1. The van der Waals surface area contributed by atoms with Crippen LogP contribution >= 0.6 is 0 Å². The molecule has 18 heavy (non-hydrogen) atoms. The van der Waals surface area contributed by atoms with Crippen LogP contribution in [0.4, 0.5) is 0 Å². The van der Waals surface area contributed by atoms with Crippen molar-refractivity contribution >= 4 is 10.9 Å². The summed E-state index contributed by atoms with van der Waals surface area (Å²) in [6.07, 6.45) is 3.80. The topological polar surface area (TPSA) is 48.1 Å². The summed E-state index contributed by atoms with van der Waals surface area (Å²) in [6, 6.07) is 9.90. The third kappa shape index (κ3) is 2.87. The molecule has 0 radical (unpaired) electrons. The summed E-state index contributed by atoms with van der Waals surface area (Å²) in [6.45, 7) is 4.83. The minimum absolute atomic E-state index is 0.492. The number of pyridine rings is 1. The van der Waals surface area contributed by atoms with E-state index >= 15 is 0 Å². The predicted molar refractivity (Wildman–Crippen MR) is 74.6 cm³/mol. The Morgan fingerprint density at radius 3 is 2.94 bits per heavy atom. The first kappa shape index (κ1) is 12.6. The Hall–Kier alpha value is -1.87. The number of allylic oxidation sites excluding steroid dienone is 1. The monoisotopic (exact) mass is 242 g/mol. The second-order valence-corrected chi connectivity index (χ2v) is 4.12. The highest BCUT2D eigenvalue weighted by molar-refractivity contribution is 5.82. The highest BCUT2D eigenvalue weighted by Crippen LogP contribution is 2.21. The van der Waals surface area contributed by atoms with Crippen LogP contribution in [-0.4, -0.2) is 11.6 Å². The molecule has 0 atom stereocenters. The molecule has 0 aliphatic carbocycles. The average molecular weight is 242 g/mol. The molecule has 0 fully saturated rings. The quantitative estimate of drug-likeness (QED) is 0.625. The highest BCUT2D eigenvalue weighted by Gasteiger charge is 2.04. The summed E-state index contributed by atoms with van der Waals surface area (Å²) in [7, 11) is 0. The number of aromatic nitrogens is 1. The molecular formula is C15H18N2O. The van der Waals surface area contributed by atoms with Crippen LogP contribution in [0.5, 0.6) is 5.88 Å². The number of hydrogen-bond acceptors (Lipinski definition) is 3. The van der Waals surface area contributed by atoms with Crippen molar-refractivity contribution in [3.63, 3.8) is 0 Å². The molecule has 1 aromatic heterocycles. The molecule has 0 amide bonds. The van der Waals surface area contributed by atoms with Gasteiger partial charge in [-0.05, 0) is 24.5 Å². The maximum absolute atomic E-state index is 5.76. The third-order valence-corrected chi connectivity index (χ3v) is 2.80. The van der Waals surface area contributed by atoms with E-state index < -0.39 is 0 Å². The van der Waals surface area contributed by atoms with Gasteiger partial charge in [-0.3, -0.25) is 0 Å². The maximum Gasteiger partial charge on any atom is 0.214 e. The lowest BCUT2D eigenvalue weighted by atomic mass is 10.1. The van der Waals surface area contributed by atoms with Crippen molar-refractivity contribution in [2.24, 2.45) is 5.73 Å². The average Bonchev–Trinajstić information content (AvgIpc) is 2.42. The minimum atomic E-state index is 0.492. The minimum Gasteiger partial charge on any atom is -0.478 e. The van der Waals surface area contributed by atoms with Crippen molar-refractivity contribution in [3.8, 4) is 5.88 Å². The van der Waals surface area contributed by atoms with Gasteiger partial charge in [-0.15, -0.1) is 6.58 Å². The van der Waals surface area contributed by atoms with E-state index in [9.17, 15) is 0 Å². The van der Waals surface area contributed by atoms with E-state index in [4.69, 9.17) is 10.5 Å². The molecule has 2 aromatic rings. The fourth-order valence-corrected chi connectivity index (χ4v) is 1.87. The number of rotatable bonds is 6. The van der Waals surface area contributed by atoms with Gasteiger partial charge in [0, 0.05) is 18.0 Å². The molecule has 0 spiro atoms. The maximum atomic E-state index is 5.76. The molecule has 0 unspecified atom stereocenters. The molecule has 3 nitrogen and oxygen atoms in total. The Balaban J connectivity index is 2.21. The Bertz CT molecular complexity index is 537. The van der Waals surface area contributed by atoms with E-state index in [1.807, 2.05) is 36.4 Å². The molecular weight excluding hydrogens is 224 g/mol. The van der Waals surface area contributed by atoms with Crippen molar-refractivity contribution in [2.45, 2.75) is 19.4 Å². The zero-order chi connectivity index (χ0) is 12.8. The van der Waals surface area contributed by atoms with Gasteiger partial charge in [0.05, 0.1) is 12.1 Å². The van der Waals surface area contributed by atoms with Gasteiger partial charge in [0.15, 0.2) is 0 Å². The molecule has 3 heteroatoms. The van der Waals surface area contributed by atoms with E-state index in [0.717, 1.165) is 29.3 Å². The molecule has 1 heterocycles. The van der Waals surface area contributed by atoms with Crippen molar-refractivity contribution < 1.29 is 4.74 Å². The van der Waals surface area contributed by atoms with Gasteiger partial charge in [-0.25, -0.2) is 4.98 Å². The summed E-state index contributed by atoms with van der Waals surface area (Å²) in [5.74, 6) is 0.651. The predicted octanol–water partition coefficient (Wildman–Crippen LogP) is 3.04. The first-order chi connectivity index (χ1) is 8.85. The van der Waals surface area contributed by atoms with Gasteiger partial charge in [-0.1, -0.05) is 24.3 Å². The lowest BCUT2D eigenvalue weighted by molar-refractivity contribution is 0.301. The summed E-state index contributed by atoms with van der Waals surface area (Å²) < 4.78 is 5.64. The molecule has 0 saturated carbocycles. The largest absolute Gasteiger partial charge is 0.478 e. The molecule has 1 aromatic carbocycles. The Morgan fingerprint density at radius 1 is 1.33 bits per heavy atom. The van der Waals surface area contributed by atoms with Crippen molar-refractivity contribution in [3.05, 3.63) is 48.6 Å². The fraction of sp³-hybridized carbons (Fsp3) is 0.267. The van der Waals surface area contributed by atoms with Crippen LogP contribution in [0.3, 0.4) is 0 Å². The number of nitrogens with zero attached hydrogens (tertiary/aromatic N) is 1. The fourth-order valence-electron chi connectivity index (χ4n) is 1.87. The van der Waals surface area contributed by atoms with Crippen molar-refractivity contribution in [2.75, 3.05) is 6.61 Å². The number of ether oxygens (including phenoxy) is 1. The van der Waals surface area contributed by atoms with Gasteiger partial charge in [0.1, 0.15) is 0 Å². The molecule has 0 aliphatic rings. The first-order valence-electron chi connectivity index (χ1n) is 6.17. The second-order valence-electron chi connectivity index (χ2n) is 4.12. The Labute approximate surface area is 107 Å². The summed E-state index contributed by atoms with van der Waals surface area (Å²) in [5, 5.41) is 1.10. The molecule has 0 saturated heterocycles. The second kappa shape index (κ2) is 6.17. The highest BCUT2D eigenvalue weighted by atomic mass is 16.5. The molecule has 2 N–H and O–H groups in total. The van der Waals surface area contributed by atoms with E-state index in [1.54, 1.807) is 0 Å². The summed E-state index contributed by atoms with van der Waals surface area (Å²) in [4.78, 5) is 4.48. The lowest BCUT2D eigenvalue weighted by Crippen LogP contribution is -2.03. The molecule has 0 aliphatic heterocycles. The number of para-hydroxylation sites is 1. The van der Waals surface area contributed by atoms with E-state index in [-0.39, 0.29) is 0 Å². The number of fused-ring (bicyclic) bond motifs is 1. The number of unbranched alkanes of at least 4 members (excludes halogenated alkanes) is 1. The zero-order valence-electron chi connectivity index (χ0n) is 10.4. The molecule has 94 valence electrons. The van der Waals surface area contributed by atoms with Crippen LogP contribution < -0.4 is 10.5 Å². The zero-order valence-corrected chi connectivity index (χ0v) is 10.4. The Morgan fingerprint density at radius 2 is 2.17 bits per heavy atom. The molecule has 2 rings (SSSR count). The van der Waals surface area contributed by atoms with Crippen LogP contribution in [-0.2, 0) is 6.54 Å². The van der Waals surface area contributed by atoms with Gasteiger partial charge in [-0.2, -0.15) is 0 Å². The van der Waals surface area contributed by atoms with Gasteiger partial charge in [0.25, 0.3) is 0 Å². The summed E-state index contributed by atoms with van der Waals surface area (Å²) in [5.41, 5.74) is 7.76. The van der Waals surface area contributed by atoms with Crippen LogP contribution in [0.2, 0.25) is 0 Å². The van der Waals surface area contributed by atoms with E-state index in [1.165, 1.54) is 0 Å². The third-order valence-electron chi connectivity index (χ3n) is 2.80. The number of nitrogens with two attached hydrogens (primary N) is 1. The smallest absolute Gasteiger partial charge is 0.214 e. The van der Waals surface area contributed by atoms with Crippen LogP contribution in [0, 0.1) is 0 Å². The standard InChI is InChI=1S/C15H18N2O/c1-2-3-6-9-18-15-10-12(11-16)13-7-4-5-8-14(13)17-15/h2,4-5,7-8,10H,1,3,6,9,11,16H2. The van der Waals surface area contributed by atoms with Crippen LogP contribution in [0.25, 0.3) is 10.9 Å². The number of benzene rings is 1. The van der Waals surface area contributed by atoms with Crippen LogP contribution in [0.1, 0.15) is 18.4 Å². The van der Waals surface area contributed by atoms with E-state index in [0.29, 0.717) is 19.0 Å². The molecule has 0 bridgehead atoms. The normalized spacial score (nSPS) is 10.5. The lowest BCUT2D eigenvalue weighted by Gasteiger charge is -2.09. The Kier molecular flexibility index (Phi) is 4.31. The van der Waals surface area contributed by atoms with E-state index in [2.05, 4.69) is 11.6 Å². The van der Waals surface area contributed by atoms with Crippen molar-refractivity contribution in [1.29, 1.82) is 0 Å².